The van der Waals surface area contributed by atoms with Gasteiger partial charge in [-0.15, -0.1) is 0 Å². The molecule has 0 amide bonds. The zero-order chi connectivity index (χ0) is 13.6. The van der Waals surface area contributed by atoms with Crippen LogP contribution in [0.25, 0.3) is 0 Å². The van der Waals surface area contributed by atoms with Gasteiger partial charge in [0.25, 0.3) is 0 Å². The largest absolute Gasteiger partial charge is 0.530 e. The maximum Gasteiger partial charge on any atom is 0.530 e. The van der Waals surface area contributed by atoms with E-state index in [2.05, 4.69) is 13.8 Å². The van der Waals surface area contributed by atoms with Crippen LogP contribution in [0.5, 0.6) is 0 Å². The number of rotatable bonds is 10. The molecule has 0 spiro atoms. The standard InChI is InChI=1S/C12H26O5Si/c1-6-8-10(11-9-16-11)17-12(7-2)18(13-3,14-4)15-5/h10-12H,6-9H2,1-5H3. The Kier molecular flexibility index (Phi) is 6.76. The third-order valence-electron chi connectivity index (χ3n) is 3.30. The number of ether oxygens (including phenoxy) is 2. The lowest BCUT2D eigenvalue weighted by Crippen LogP contribution is -2.56. The minimum atomic E-state index is -2.73. The highest BCUT2D eigenvalue weighted by Gasteiger charge is 2.50. The molecule has 0 aromatic carbocycles. The van der Waals surface area contributed by atoms with Gasteiger partial charge in [-0.2, -0.15) is 0 Å². The summed E-state index contributed by atoms with van der Waals surface area (Å²) in [6.07, 6.45) is 3.21. The van der Waals surface area contributed by atoms with E-state index in [1.807, 2.05) is 0 Å². The first-order valence-corrected chi connectivity index (χ1v) is 8.40. The normalized spacial score (nSPS) is 22.8. The molecule has 1 fully saturated rings. The Balaban J connectivity index is 2.68. The summed E-state index contributed by atoms with van der Waals surface area (Å²) in [5.74, 6) is 0. The van der Waals surface area contributed by atoms with Crippen LogP contribution in [0.4, 0.5) is 0 Å². The smallest absolute Gasteiger partial charge is 0.375 e. The van der Waals surface area contributed by atoms with Crippen LogP contribution in [0.2, 0.25) is 0 Å². The molecule has 0 bridgehead atoms. The van der Waals surface area contributed by atoms with Crippen molar-refractivity contribution in [1.29, 1.82) is 0 Å². The molecule has 1 saturated heterocycles. The summed E-state index contributed by atoms with van der Waals surface area (Å²) >= 11 is 0. The lowest BCUT2D eigenvalue weighted by atomic mass is 10.1. The van der Waals surface area contributed by atoms with Crippen LogP contribution in [0, 0.1) is 0 Å². The molecule has 6 heteroatoms. The van der Waals surface area contributed by atoms with E-state index in [1.54, 1.807) is 21.3 Å². The second kappa shape index (κ2) is 7.57. The molecular weight excluding hydrogens is 252 g/mol. The topological polar surface area (TPSA) is 49.5 Å². The molecule has 0 N–H and O–H groups in total. The highest BCUT2D eigenvalue weighted by molar-refractivity contribution is 6.62. The maximum atomic E-state index is 6.16. The monoisotopic (exact) mass is 278 g/mol. The molecule has 1 aliphatic rings. The minimum Gasteiger partial charge on any atom is -0.375 e. The van der Waals surface area contributed by atoms with Crippen molar-refractivity contribution in [3.05, 3.63) is 0 Å². The maximum absolute atomic E-state index is 6.16. The van der Waals surface area contributed by atoms with Gasteiger partial charge in [-0.25, -0.2) is 0 Å². The zero-order valence-electron chi connectivity index (χ0n) is 12.1. The van der Waals surface area contributed by atoms with Gasteiger partial charge in [-0.3, -0.25) is 0 Å². The molecule has 0 radical (unpaired) electrons. The number of hydrogen-bond donors (Lipinski definition) is 0. The van der Waals surface area contributed by atoms with E-state index < -0.39 is 8.80 Å². The van der Waals surface area contributed by atoms with Crippen LogP contribution in [-0.2, 0) is 22.8 Å². The van der Waals surface area contributed by atoms with Gasteiger partial charge in [-0.1, -0.05) is 20.3 Å². The predicted octanol–water partition coefficient (Wildman–Crippen LogP) is 1.77. The Morgan fingerprint density at radius 2 is 1.72 bits per heavy atom. The second-order valence-corrected chi connectivity index (χ2v) is 7.52. The van der Waals surface area contributed by atoms with Gasteiger partial charge in [0.15, 0.2) is 0 Å². The first-order valence-electron chi connectivity index (χ1n) is 6.59. The van der Waals surface area contributed by atoms with Crippen LogP contribution in [0.1, 0.15) is 33.1 Å². The van der Waals surface area contributed by atoms with Crippen LogP contribution in [0.3, 0.4) is 0 Å². The molecule has 0 aromatic heterocycles. The van der Waals surface area contributed by atoms with Crippen molar-refractivity contribution >= 4 is 8.80 Å². The van der Waals surface area contributed by atoms with Gasteiger partial charge in [0.05, 0.1) is 12.7 Å². The Labute approximate surface area is 111 Å². The molecular formula is C12H26O5Si. The summed E-state index contributed by atoms with van der Waals surface area (Å²) in [5, 5.41) is 0. The zero-order valence-corrected chi connectivity index (χ0v) is 13.1. The average Bonchev–Trinajstić information content (AvgIpc) is 3.23. The first kappa shape index (κ1) is 16.1. The molecule has 0 aliphatic carbocycles. The molecule has 1 aliphatic heterocycles. The van der Waals surface area contributed by atoms with E-state index >= 15 is 0 Å². The molecule has 3 atom stereocenters. The summed E-state index contributed by atoms with van der Waals surface area (Å²) in [6.45, 7) is 5.00. The van der Waals surface area contributed by atoms with E-state index in [1.165, 1.54) is 0 Å². The van der Waals surface area contributed by atoms with Crippen LogP contribution >= 0.6 is 0 Å². The van der Waals surface area contributed by atoms with Gasteiger partial charge in [-0.05, 0) is 12.8 Å². The second-order valence-electron chi connectivity index (χ2n) is 4.45. The van der Waals surface area contributed by atoms with Crippen molar-refractivity contribution in [2.45, 2.75) is 51.0 Å². The fourth-order valence-corrected chi connectivity index (χ4v) is 4.31. The van der Waals surface area contributed by atoms with Crippen LogP contribution in [-0.4, -0.2) is 54.7 Å². The van der Waals surface area contributed by atoms with Gasteiger partial charge in [0.2, 0.25) is 0 Å². The molecule has 1 rings (SSSR count). The molecule has 3 unspecified atom stereocenters. The summed E-state index contributed by atoms with van der Waals surface area (Å²) in [7, 11) is 2.12. The SMILES string of the molecule is CCCC(OC(CC)[Si](OC)(OC)OC)C1CO1. The van der Waals surface area contributed by atoms with E-state index in [-0.39, 0.29) is 17.9 Å². The van der Waals surface area contributed by atoms with Gasteiger partial charge >= 0.3 is 8.80 Å². The third kappa shape index (κ3) is 3.75. The molecule has 0 aromatic rings. The Hall–Kier alpha value is 0.0169. The Morgan fingerprint density at radius 1 is 1.17 bits per heavy atom. The van der Waals surface area contributed by atoms with E-state index in [9.17, 15) is 0 Å². The van der Waals surface area contributed by atoms with Crippen molar-refractivity contribution in [3.63, 3.8) is 0 Å². The van der Waals surface area contributed by atoms with Gasteiger partial charge < -0.3 is 22.8 Å². The van der Waals surface area contributed by atoms with Crippen LogP contribution in [0.15, 0.2) is 0 Å². The lowest BCUT2D eigenvalue weighted by molar-refractivity contribution is -0.0421. The Morgan fingerprint density at radius 3 is 2.06 bits per heavy atom. The summed E-state index contributed by atoms with van der Waals surface area (Å²) in [4.78, 5) is 0. The first-order chi connectivity index (χ1) is 8.67. The minimum absolute atomic E-state index is 0.118. The highest BCUT2D eigenvalue weighted by Crippen LogP contribution is 2.27. The molecule has 1 heterocycles. The third-order valence-corrected chi connectivity index (χ3v) is 6.34. The van der Waals surface area contributed by atoms with Crippen molar-refractivity contribution in [2.75, 3.05) is 27.9 Å². The quantitative estimate of drug-likeness (QED) is 0.450. The molecule has 108 valence electrons. The van der Waals surface area contributed by atoms with E-state index in [4.69, 9.17) is 22.8 Å². The highest BCUT2D eigenvalue weighted by atomic mass is 28.4. The van der Waals surface area contributed by atoms with Crippen molar-refractivity contribution in [2.24, 2.45) is 0 Å². The van der Waals surface area contributed by atoms with Crippen LogP contribution < -0.4 is 0 Å². The number of epoxide rings is 1. The molecule has 18 heavy (non-hydrogen) atoms. The molecule has 5 nitrogen and oxygen atoms in total. The van der Waals surface area contributed by atoms with Crippen molar-refractivity contribution in [1.82, 2.24) is 0 Å². The lowest BCUT2D eigenvalue weighted by Gasteiger charge is -2.33. The summed E-state index contributed by atoms with van der Waals surface area (Å²) < 4.78 is 28.0. The van der Waals surface area contributed by atoms with Gasteiger partial charge in [0, 0.05) is 21.3 Å². The van der Waals surface area contributed by atoms with Crippen molar-refractivity contribution < 1.29 is 22.8 Å². The number of hydrogen-bond acceptors (Lipinski definition) is 5. The Bertz CT molecular complexity index is 222. The average molecular weight is 278 g/mol. The molecule has 0 saturated carbocycles. The van der Waals surface area contributed by atoms with E-state index in [0.717, 1.165) is 25.9 Å². The predicted molar refractivity (Wildman–Crippen MR) is 70.4 cm³/mol. The summed E-state index contributed by atoms with van der Waals surface area (Å²) in [5.41, 5.74) is -0.141. The fourth-order valence-electron chi connectivity index (χ4n) is 2.18. The van der Waals surface area contributed by atoms with Gasteiger partial charge in [0.1, 0.15) is 11.8 Å². The summed E-state index contributed by atoms with van der Waals surface area (Å²) in [6, 6.07) is 0. The van der Waals surface area contributed by atoms with Crippen molar-refractivity contribution in [3.8, 4) is 0 Å². The fraction of sp³-hybridized carbons (Fsp3) is 1.00. The van der Waals surface area contributed by atoms with E-state index in [0.29, 0.717) is 0 Å².